The van der Waals surface area contributed by atoms with Crippen LogP contribution in [0.3, 0.4) is 0 Å². The second-order valence-electron chi connectivity index (χ2n) is 8.02. The highest BCUT2D eigenvalue weighted by atomic mass is 32.2. The first kappa shape index (κ1) is 25.0. The molecule has 0 spiro atoms. The molecule has 2 N–H and O–H groups in total. The second-order valence-corrected chi connectivity index (χ2v) is 9.38. The Hall–Kier alpha value is -1.07. The minimum Gasteiger partial charge on any atom is -0.507 e. The van der Waals surface area contributed by atoms with Gasteiger partial charge in [0.15, 0.2) is 0 Å². The lowest BCUT2D eigenvalue weighted by Crippen LogP contribution is -2.09. The van der Waals surface area contributed by atoms with Crippen molar-refractivity contribution in [1.29, 1.82) is 0 Å². The molecule has 0 saturated carbocycles. The average Bonchev–Trinajstić information content (AvgIpc) is 2.63. The van der Waals surface area contributed by atoms with Crippen LogP contribution < -0.4 is 0 Å². The first-order valence-corrected chi connectivity index (χ1v) is 12.6. The van der Waals surface area contributed by atoms with Crippen molar-refractivity contribution in [2.24, 2.45) is 0 Å². The number of benzene rings is 1. The summed E-state index contributed by atoms with van der Waals surface area (Å²) in [6.07, 6.45) is 14.4. The summed E-state index contributed by atoms with van der Waals surface area (Å²) >= 11 is 0. The lowest BCUT2D eigenvalue weighted by molar-refractivity contribution is 0.450. The predicted octanol–water partition coefficient (Wildman–Crippen LogP) is 6.75. The number of hydrogen-bond donors (Lipinski definition) is 2. The highest BCUT2D eigenvalue weighted by Crippen LogP contribution is 2.34. The summed E-state index contributed by atoms with van der Waals surface area (Å²) in [5.41, 5.74) is 1.74. The first-order valence-electron chi connectivity index (χ1n) is 11.1. The Bertz CT molecular complexity index is 680. The standard InChI is InChI=1S/C23H40O4S/c1-4-6-8-10-12-14-16-20-18-19(3)22(24)21(23(20)28(25,26)27)17-15-13-11-9-7-5-2/h18,24H,4-17H2,1-3H3,(H,25,26,27). The average molecular weight is 413 g/mol. The van der Waals surface area contributed by atoms with Gasteiger partial charge in [0.25, 0.3) is 10.1 Å². The summed E-state index contributed by atoms with van der Waals surface area (Å²) in [6, 6.07) is 1.73. The van der Waals surface area contributed by atoms with Crippen LogP contribution in [-0.2, 0) is 23.0 Å². The molecular formula is C23H40O4S. The van der Waals surface area contributed by atoms with Crippen molar-refractivity contribution in [2.75, 3.05) is 0 Å². The molecule has 0 atom stereocenters. The molecule has 1 rings (SSSR count). The van der Waals surface area contributed by atoms with Crippen molar-refractivity contribution in [1.82, 2.24) is 0 Å². The van der Waals surface area contributed by atoms with Crippen LogP contribution in [0, 0.1) is 6.92 Å². The zero-order valence-electron chi connectivity index (χ0n) is 18.1. The maximum absolute atomic E-state index is 12.1. The molecule has 0 aliphatic rings. The van der Waals surface area contributed by atoms with Gasteiger partial charge in [-0.1, -0.05) is 84.1 Å². The number of phenolic OH excluding ortho intramolecular Hbond substituents is 1. The van der Waals surface area contributed by atoms with Crippen molar-refractivity contribution in [2.45, 2.75) is 116 Å². The fourth-order valence-electron chi connectivity index (χ4n) is 3.85. The smallest absolute Gasteiger partial charge is 0.295 e. The van der Waals surface area contributed by atoms with E-state index in [0.29, 0.717) is 29.5 Å². The van der Waals surface area contributed by atoms with Crippen LogP contribution in [0.5, 0.6) is 5.75 Å². The van der Waals surface area contributed by atoms with Crippen molar-refractivity contribution in [3.8, 4) is 5.75 Å². The van der Waals surface area contributed by atoms with E-state index in [9.17, 15) is 18.1 Å². The molecule has 0 aliphatic carbocycles. The maximum atomic E-state index is 12.1. The summed E-state index contributed by atoms with van der Waals surface area (Å²) in [5.74, 6) is 0.0212. The van der Waals surface area contributed by atoms with Crippen molar-refractivity contribution < 1.29 is 18.1 Å². The minimum absolute atomic E-state index is 0.0212. The molecule has 0 radical (unpaired) electrons. The minimum atomic E-state index is -4.37. The number of hydrogen-bond acceptors (Lipinski definition) is 3. The first-order chi connectivity index (χ1) is 13.3. The molecule has 28 heavy (non-hydrogen) atoms. The molecule has 0 fully saturated rings. The zero-order chi connectivity index (χ0) is 21.0. The Kier molecular flexibility index (Phi) is 11.8. The van der Waals surface area contributed by atoms with E-state index >= 15 is 0 Å². The molecule has 0 saturated heterocycles. The van der Waals surface area contributed by atoms with Crippen molar-refractivity contribution >= 4 is 10.1 Å². The van der Waals surface area contributed by atoms with E-state index in [1.54, 1.807) is 13.0 Å². The van der Waals surface area contributed by atoms with Gasteiger partial charge in [-0.05, 0) is 43.7 Å². The van der Waals surface area contributed by atoms with Crippen LogP contribution in [0.4, 0.5) is 0 Å². The van der Waals surface area contributed by atoms with Crippen molar-refractivity contribution in [3.63, 3.8) is 0 Å². The number of rotatable bonds is 15. The normalized spacial score (nSPS) is 11.9. The number of phenols is 1. The van der Waals surface area contributed by atoms with Gasteiger partial charge in [-0.25, -0.2) is 0 Å². The van der Waals surface area contributed by atoms with Gasteiger partial charge in [-0.15, -0.1) is 0 Å². The molecule has 1 aromatic carbocycles. The molecule has 0 aliphatic heterocycles. The van der Waals surface area contributed by atoms with Crippen molar-refractivity contribution in [3.05, 3.63) is 22.8 Å². The van der Waals surface area contributed by atoms with Crippen LogP contribution in [0.15, 0.2) is 11.0 Å². The maximum Gasteiger partial charge on any atom is 0.295 e. The number of aryl methyl sites for hydroxylation is 2. The fraction of sp³-hybridized carbons (Fsp3) is 0.739. The van der Waals surface area contributed by atoms with E-state index in [1.165, 1.54) is 38.5 Å². The number of aromatic hydroxyl groups is 1. The van der Waals surface area contributed by atoms with Crippen LogP contribution in [0.1, 0.15) is 108 Å². The molecule has 5 heteroatoms. The molecule has 0 amide bonds. The van der Waals surface area contributed by atoms with Gasteiger partial charge in [-0.2, -0.15) is 8.42 Å². The molecule has 1 aromatic rings. The quantitative estimate of drug-likeness (QED) is 0.247. The van der Waals surface area contributed by atoms with Crippen LogP contribution in [0.25, 0.3) is 0 Å². The summed E-state index contributed by atoms with van der Waals surface area (Å²) in [4.78, 5) is -0.0438. The molecule has 0 bridgehead atoms. The predicted molar refractivity (Wildman–Crippen MR) is 117 cm³/mol. The summed E-state index contributed by atoms with van der Waals surface area (Å²) < 4.78 is 34.1. The molecular weight excluding hydrogens is 372 g/mol. The van der Waals surface area contributed by atoms with Crippen LogP contribution in [-0.4, -0.2) is 18.1 Å². The van der Waals surface area contributed by atoms with E-state index in [-0.39, 0.29) is 10.6 Å². The van der Waals surface area contributed by atoms with Gasteiger partial charge < -0.3 is 5.11 Å². The molecule has 0 heterocycles. The van der Waals surface area contributed by atoms with Gasteiger partial charge in [0.1, 0.15) is 10.6 Å². The van der Waals surface area contributed by atoms with Gasteiger partial charge >= 0.3 is 0 Å². The third-order valence-electron chi connectivity index (χ3n) is 5.45. The summed E-state index contributed by atoms with van der Waals surface area (Å²) in [5, 5.41) is 10.5. The Morgan fingerprint density at radius 2 is 1.25 bits per heavy atom. The van der Waals surface area contributed by atoms with E-state index in [2.05, 4.69) is 13.8 Å². The largest absolute Gasteiger partial charge is 0.507 e. The molecule has 0 aromatic heterocycles. The van der Waals surface area contributed by atoms with E-state index in [0.717, 1.165) is 38.5 Å². The second kappa shape index (κ2) is 13.2. The summed E-state index contributed by atoms with van der Waals surface area (Å²) in [6.45, 7) is 6.16. The van der Waals surface area contributed by atoms with E-state index < -0.39 is 10.1 Å². The van der Waals surface area contributed by atoms with Gasteiger partial charge in [0, 0.05) is 5.56 Å². The van der Waals surface area contributed by atoms with E-state index in [4.69, 9.17) is 0 Å². The summed E-state index contributed by atoms with van der Waals surface area (Å²) in [7, 11) is -4.37. The third-order valence-corrected chi connectivity index (χ3v) is 6.48. The number of unbranched alkanes of at least 4 members (excludes halogenated alkanes) is 10. The third kappa shape index (κ3) is 8.52. The molecule has 4 nitrogen and oxygen atoms in total. The Morgan fingerprint density at radius 1 is 0.786 bits per heavy atom. The highest BCUT2D eigenvalue weighted by Gasteiger charge is 2.24. The van der Waals surface area contributed by atoms with Crippen LogP contribution in [0.2, 0.25) is 0 Å². The Labute approximate surface area is 172 Å². The topological polar surface area (TPSA) is 74.6 Å². The van der Waals surface area contributed by atoms with Gasteiger partial charge in [-0.3, -0.25) is 4.55 Å². The zero-order valence-corrected chi connectivity index (χ0v) is 18.9. The van der Waals surface area contributed by atoms with Crippen LogP contribution >= 0.6 is 0 Å². The molecule has 0 unspecified atom stereocenters. The molecule has 162 valence electrons. The SMILES string of the molecule is CCCCCCCCc1cc(C)c(O)c(CCCCCCCC)c1S(=O)(=O)O. The lowest BCUT2D eigenvalue weighted by atomic mass is 9.96. The Balaban J connectivity index is 2.89. The van der Waals surface area contributed by atoms with Gasteiger partial charge in [0.05, 0.1) is 0 Å². The lowest BCUT2D eigenvalue weighted by Gasteiger charge is -2.17. The van der Waals surface area contributed by atoms with Gasteiger partial charge in [0.2, 0.25) is 0 Å². The highest BCUT2D eigenvalue weighted by molar-refractivity contribution is 7.86. The Morgan fingerprint density at radius 3 is 1.75 bits per heavy atom. The monoisotopic (exact) mass is 412 g/mol. The fourth-order valence-corrected chi connectivity index (χ4v) is 4.85. The van der Waals surface area contributed by atoms with E-state index in [1.807, 2.05) is 0 Å².